The molecule has 0 aliphatic heterocycles. The van der Waals surface area contributed by atoms with Crippen molar-refractivity contribution >= 4 is 44.9 Å². The SMILES string of the molecule is O=c1[nH]cnc2cc(Cl)nc(Nc3cccc4[nH]ccc34)c12. The number of hydrogen-bond donors (Lipinski definition) is 3. The molecule has 0 atom stereocenters. The summed E-state index contributed by atoms with van der Waals surface area (Å²) in [5.41, 5.74) is 2.05. The van der Waals surface area contributed by atoms with E-state index in [1.54, 1.807) is 6.07 Å². The van der Waals surface area contributed by atoms with Crippen LogP contribution < -0.4 is 10.9 Å². The van der Waals surface area contributed by atoms with Gasteiger partial charge in [-0.15, -0.1) is 0 Å². The summed E-state index contributed by atoms with van der Waals surface area (Å²) >= 11 is 6.03. The minimum atomic E-state index is -0.266. The number of anilines is 2. The first-order valence-electron chi connectivity index (χ1n) is 6.59. The summed E-state index contributed by atoms with van der Waals surface area (Å²) in [5, 5.41) is 4.83. The lowest BCUT2D eigenvalue weighted by atomic mass is 10.2. The maximum atomic E-state index is 12.1. The van der Waals surface area contributed by atoms with E-state index in [0.717, 1.165) is 16.6 Å². The molecule has 3 heterocycles. The van der Waals surface area contributed by atoms with Crippen molar-refractivity contribution in [1.29, 1.82) is 0 Å². The predicted octanol–water partition coefficient (Wildman–Crippen LogP) is 3.20. The first kappa shape index (κ1) is 12.8. The number of nitrogens with one attached hydrogen (secondary N) is 3. The van der Waals surface area contributed by atoms with Crippen LogP contribution in [-0.2, 0) is 0 Å². The van der Waals surface area contributed by atoms with Gasteiger partial charge in [0.05, 0.1) is 11.8 Å². The van der Waals surface area contributed by atoms with Crippen LogP contribution in [0.2, 0.25) is 5.15 Å². The first-order valence-corrected chi connectivity index (χ1v) is 6.97. The molecule has 3 aromatic heterocycles. The van der Waals surface area contributed by atoms with Crippen LogP contribution >= 0.6 is 11.6 Å². The fourth-order valence-corrected chi connectivity index (χ4v) is 2.66. The molecule has 6 nitrogen and oxygen atoms in total. The number of nitrogens with zero attached hydrogens (tertiary/aromatic N) is 2. The Labute approximate surface area is 129 Å². The molecule has 7 heteroatoms. The number of rotatable bonds is 2. The van der Waals surface area contributed by atoms with Gasteiger partial charge in [0.25, 0.3) is 5.56 Å². The molecule has 4 rings (SSSR count). The molecule has 0 bridgehead atoms. The molecule has 0 spiro atoms. The van der Waals surface area contributed by atoms with Crippen LogP contribution in [0.15, 0.2) is 47.7 Å². The van der Waals surface area contributed by atoms with E-state index in [4.69, 9.17) is 11.6 Å². The van der Waals surface area contributed by atoms with E-state index in [0.29, 0.717) is 16.7 Å². The molecule has 0 amide bonds. The Morgan fingerprint density at radius 3 is 3.00 bits per heavy atom. The zero-order valence-corrected chi connectivity index (χ0v) is 12.0. The summed E-state index contributed by atoms with van der Waals surface area (Å²) in [4.78, 5) is 26.1. The van der Waals surface area contributed by atoms with Gasteiger partial charge >= 0.3 is 0 Å². The van der Waals surface area contributed by atoms with Crippen molar-refractivity contribution in [3.05, 3.63) is 58.4 Å². The van der Waals surface area contributed by atoms with Gasteiger partial charge in [-0.2, -0.15) is 0 Å². The molecule has 0 unspecified atom stereocenters. The van der Waals surface area contributed by atoms with Crippen molar-refractivity contribution in [2.75, 3.05) is 5.32 Å². The Bertz CT molecular complexity index is 1050. The third-order valence-electron chi connectivity index (χ3n) is 3.44. The van der Waals surface area contributed by atoms with Gasteiger partial charge in [0.15, 0.2) is 0 Å². The average Bonchev–Trinajstić information content (AvgIpc) is 2.96. The van der Waals surface area contributed by atoms with Crippen molar-refractivity contribution in [2.24, 2.45) is 0 Å². The lowest BCUT2D eigenvalue weighted by Crippen LogP contribution is -2.10. The number of pyridine rings is 1. The van der Waals surface area contributed by atoms with Crippen molar-refractivity contribution in [3.63, 3.8) is 0 Å². The summed E-state index contributed by atoms with van der Waals surface area (Å²) in [5.74, 6) is 0.380. The number of aromatic nitrogens is 4. The maximum Gasteiger partial charge on any atom is 0.262 e. The van der Waals surface area contributed by atoms with Crippen LogP contribution in [0.25, 0.3) is 21.8 Å². The quantitative estimate of drug-likeness (QED) is 0.496. The summed E-state index contributed by atoms with van der Waals surface area (Å²) < 4.78 is 0. The second-order valence-electron chi connectivity index (χ2n) is 4.79. The zero-order valence-electron chi connectivity index (χ0n) is 11.2. The Morgan fingerprint density at radius 1 is 1.18 bits per heavy atom. The number of halogens is 1. The van der Waals surface area contributed by atoms with Crippen LogP contribution in [0, 0.1) is 0 Å². The molecule has 1 aromatic carbocycles. The Hall–Kier alpha value is -2.86. The van der Waals surface area contributed by atoms with Crippen LogP contribution in [0.1, 0.15) is 0 Å². The molecule has 0 fully saturated rings. The highest BCUT2D eigenvalue weighted by atomic mass is 35.5. The summed E-state index contributed by atoms with van der Waals surface area (Å²) in [6.45, 7) is 0. The Morgan fingerprint density at radius 2 is 2.09 bits per heavy atom. The average molecular weight is 312 g/mol. The predicted molar refractivity (Wildman–Crippen MR) is 86.8 cm³/mol. The monoisotopic (exact) mass is 311 g/mol. The van der Waals surface area contributed by atoms with Gasteiger partial charge in [-0.05, 0) is 18.2 Å². The second-order valence-corrected chi connectivity index (χ2v) is 5.18. The van der Waals surface area contributed by atoms with Gasteiger partial charge in [0, 0.05) is 28.9 Å². The van der Waals surface area contributed by atoms with E-state index in [-0.39, 0.29) is 10.7 Å². The number of hydrogen-bond acceptors (Lipinski definition) is 4. The third kappa shape index (κ3) is 2.01. The zero-order chi connectivity index (χ0) is 15.1. The molecule has 0 aliphatic rings. The van der Waals surface area contributed by atoms with Crippen molar-refractivity contribution in [1.82, 2.24) is 19.9 Å². The molecule has 0 saturated carbocycles. The topological polar surface area (TPSA) is 86.5 Å². The molecule has 0 radical (unpaired) electrons. The van der Waals surface area contributed by atoms with Crippen LogP contribution in [0.5, 0.6) is 0 Å². The van der Waals surface area contributed by atoms with Crippen molar-refractivity contribution < 1.29 is 0 Å². The Kier molecular flexibility index (Phi) is 2.83. The highest BCUT2D eigenvalue weighted by Gasteiger charge is 2.11. The minimum absolute atomic E-state index is 0.266. The summed E-state index contributed by atoms with van der Waals surface area (Å²) in [6.07, 6.45) is 3.20. The molecular formula is C15H10ClN5O. The summed E-state index contributed by atoms with van der Waals surface area (Å²) in [7, 11) is 0. The van der Waals surface area contributed by atoms with Gasteiger partial charge in [0.2, 0.25) is 0 Å². The number of aromatic amines is 2. The normalized spacial score (nSPS) is 11.1. The molecule has 4 aromatic rings. The van der Waals surface area contributed by atoms with E-state index in [1.807, 2.05) is 30.5 Å². The smallest absolute Gasteiger partial charge is 0.262 e. The molecule has 22 heavy (non-hydrogen) atoms. The second kappa shape index (κ2) is 4.85. The van der Waals surface area contributed by atoms with Crippen LogP contribution in [0.3, 0.4) is 0 Å². The lowest BCUT2D eigenvalue weighted by Gasteiger charge is -2.09. The van der Waals surface area contributed by atoms with Gasteiger partial charge in [-0.25, -0.2) is 9.97 Å². The summed E-state index contributed by atoms with van der Waals surface area (Å²) in [6, 6.07) is 9.31. The fraction of sp³-hybridized carbons (Fsp3) is 0. The molecular weight excluding hydrogens is 302 g/mol. The molecule has 108 valence electrons. The fourth-order valence-electron chi connectivity index (χ4n) is 2.47. The van der Waals surface area contributed by atoms with Gasteiger partial charge in [-0.1, -0.05) is 17.7 Å². The van der Waals surface area contributed by atoms with Gasteiger partial charge in [0.1, 0.15) is 16.4 Å². The van der Waals surface area contributed by atoms with Crippen molar-refractivity contribution in [2.45, 2.75) is 0 Å². The molecule has 3 N–H and O–H groups in total. The third-order valence-corrected chi connectivity index (χ3v) is 3.64. The van der Waals surface area contributed by atoms with Crippen molar-refractivity contribution in [3.8, 4) is 0 Å². The van der Waals surface area contributed by atoms with E-state index >= 15 is 0 Å². The number of benzene rings is 1. The highest BCUT2D eigenvalue weighted by Crippen LogP contribution is 2.28. The largest absolute Gasteiger partial charge is 0.361 e. The molecule has 0 aliphatic carbocycles. The molecule has 0 saturated heterocycles. The minimum Gasteiger partial charge on any atom is -0.361 e. The first-order chi connectivity index (χ1) is 10.7. The van der Waals surface area contributed by atoms with Gasteiger partial charge < -0.3 is 15.3 Å². The lowest BCUT2D eigenvalue weighted by molar-refractivity contribution is 1.16. The van der Waals surface area contributed by atoms with Crippen LogP contribution in [0.4, 0.5) is 11.5 Å². The van der Waals surface area contributed by atoms with E-state index < -0.39 is 0 Å². The van der Waals surface area contributed by atoms with Crippen LogP contribution in [-0.4, -0.2) is 19.9 Å². The maximum absolute atomic E-state index is 12.1. The van der Waals surface area contributed by atoms with E-state index in [2.05, 4.69) is 25.3 Å². The number of H-pyrrole nitrogens is 2. The van der Waals surface area contributed by atoms with E-state index in [1.165, 1.54) is 6.33 Å². The van der Waals surface area contributed by atoms with Gasteiger partial charge in [-0.3, -0.25) is 4.79 Å². The van der Waals surface area contributed by atoms with E-state index in [9.17, 15) is 4.79 Å². The standard InChI is InChI=1S/C15H10ClN5O/c16-12-6-11-13(15(22)19-7-18-11)14(21-12)20-10-3-1-2-9-8(10)4-5-17-9/h1-7,17H,(H,20,21)(H,18,19,22). The highest BCUT2D eigenvalue weighted by molar-refractivity contribution is 6.30. The number of fused-ring (bicyclic) bond motifs is 2. The Balaban J connectivity index is 1.95.